The van der Waals surface area contributed by atoms with Crippen LogP contribution in [-0.2, 0) is 9.53 Å². The van der Waals surface area contributed by atoms with E-state index in [0.717, 1.165) is 4.90 Å². The van der Waals surface area contributed by atoms with Crippen molar-refractivity contribution < 1.29 is 27.8 Å². The Morgan fingerprint density at radius 3 is 2.71 bits per heavy atom. The quantitative estimate of drug-likeness (QED) is 0.827. The van der Waals surface area contributed by atoms with Crippen LogP contribution in [0.15, 0.2) is 0 Å². The van der Waals surface area contributed by atoms with Crippen LogP contribution in [0.25, 0.3) is 0 Å². The van der Waals surface area contributed by atoms with Crippen LogP contribution >= 0.6 is 0 Å². The summed E-state index contributed by atoms with van der Waals surface area (Å²) < 4.78 is 43.5. The average molecular weight is 255 g/mol. The van der Waals surface area contributed by atoms with E-state index < -0.39 is 24.6 Å². The lowest BCUT2D eigenvalue weighted by Crippen LogP contribution is -2.53. The van der Waals surface area contributed by atoms with Gasteiger partial charge in [0.05, 0.1) is 19.1 Å². The molecule has 1 fully saturated rings. The molecule has 0 spiro atoms. The summed E-state index contributed by atoms with van der Waals surface area (Å²) >= 11 is 0. The lowest BCUT2D eigenvalue weighted by atomic mass is 10.1. The maximum Gasteiger partial charge on any atom is 0.404 e. The topological polar surface area (TPSA) is 49.8 Å². The summed E-state index contributed by atoms with van der Waals surface area (Å²) in [6.07, 6.45) is -5.07. The number of alkyl halides is 3. The number of halogens is 3. The minimum atomic E-state index is -4.52. The van der Waals surface area contributed by atoms with Crippen LogP contribution in [0.3, 0.4) is 0 Å². The second-order valence-electron chi connectivity index (χ2n) is 4.05. The van der Waals surface area contributed by atoms with Gasteiger partial charge in [-0.25, -0.2) is 0 Å². The summed E-state index contributed by atoms with van der Waals surface area (Å²) in [6.45, 7) is 2.29. The highest BCUT2D eigenvalue weighted by Crippen LogP contribution is 2.28. The molecule has 0 amide bonds. The molecule has 0 radical (unpaired) electrons. The van der Waals surface area contributed by atoms with Gasteiger partial charge in [-0.05, 0) is 6.42 Å². The highest BCUT2D eigenvalue weighted by Gasteiger charge is 2.45. The van der Waals surface area contributed by atoms with E-state index in [1.54, 1.807) is 0 Å². The summed E-state index contributed by atoms with van der Waals surface area (Å²) in [4.78, 5) is 11.7. The lowest BCUT2D eigenvalue weighted by Gasteiger charge is -2.38. The molecule has 1 N–H and O–H groups in total. The van der Waals surface area contributed by atoms with Crippen molar-refractivity contribution in [1.29, 1.82) is 0 Å². The Labute approximate surface area is 97.3 Å². The van der Waals surface area contributed by atoms with Gasteiger partial charge in [-0.3, -0.25) is 9.69 Å². The summed E-state index contributed by atoms with van der Waals surface area (Å²) in [5.74, 6) is -1.44. The smallest absolute Gasteiger partial charge is 0.404 e. The Kier molecular flexibility index (Phi) is 4.76. The van der Waals surface area contributed by atoms with E-state index in [4.69, 9.17) is 9.84 Å². The number of carboxylic acid groups (broad SMARTS) is 1. The van der Waals surface area contributed by atoms with E-state index in [0.29, 0.717) is 6.42 Å². The highest BCUT2D eigenvalue weighted by atomic mass is 19.4. The molecule has 17 heavy (non-hydrogen) atoms. The first-order valence-electron chi connectivity index (χ1n) is 5.48. The van der Waals surface area contributed by atoms with Crippen molar-refractivity contribution in [2.75, 3.05) is 19.7 Å². The number of ether oxygens (including phenoxy) is 1. The van der Waals surface area contributed by atoms with Gasteiger partial charge in [0.15, 0.2) is 0 Å². The molecule has 1 rings (SSSR count). The first-order chi connectivity index (χ1) is 7.84. The number of hydrogen-bond acceptors (Lipinski definition) is 3. The number of morpholine rings is 1. The van der Waals surface area contributed by atoms with Gasteiger partial charge in [-0.1, -0.05) is 6.92 Å². The maximum absolute atomic E-state index is 12.8. The number of hydrogen-bond donors (Lipinski definition) is 1. The van der Waals surface area contributed by atoms with E-state index in [-0.39, 0.29) is 25.8 Å². The molecule has 0 aromatic heterocycles. The average Bonchev–Trinajstić information content (AvgIpc) is 2.24. The number of aliphatic carboxylic acids is 1. The van der Waals surface area contributed by atoms with Crippen LogP contribution in [0.2, 0.25) is 0 Å². The molecule has 0 aliphatic carbocycles. The number of carbonyl (C=O) groups is 1. The molecule has 2 atom stereocenters. The second kappa shape index (κ2) is 5.68. The van der Waals surface area contributed by atoms with Gasteiger partial charge in [0.25, 0.3) is 0 Å². The van der Waals surface area contributed by atoms with Crippen molar-refractivity contribution in [3.63, 3.8) is 0 Å². The molecule has 0 bridgehead atoms. The third-order valence-electron chi connectivity index (χ3n) is 2.81. The van der Waals surface area contributed by atoms with Gasteiger partial charge in [0.1, 0.15) is 6.04 Å². The first kappa shape index (κ1) is 14.2. The Morgan fingerprint density at radius 2 is 2.24 bits per heavy atom. The lowest BCUT2D eigenvalue weighted by molar-refractivity contribution is -0.202. The predicted octanol–water partition coefficient (Wildman–Crippen LogP) is 1.50. The molecule has 4 nitrogen and oxygen atoms in total. The molecular weight excluding hydrogens is 239 g/mol. The number of carboxylic acids is 1. The fourth-order valence-electron chi connectivity index (χ4n) is 1.89. The molecule has 0 saturated carbocycles. The van der Waals surface area contributed by atoms with Crippen molar-refractivity contribution in [2.45, 2.75) is 38.1 Å². The van der Waals surface area contributed by atoms with E-state index in [1.165, 1.54) is 0 Å². The summed E-state index contributed by atoms with van der Waals surface area (Å²) in [7, 11) is 0. The number of nitrogens with zero attached hydrogens (tertiary/aromatic N) is 1. The molecule has 1 aliphatic heterocycles. The van der Waals surface area contributed by atoms with Gasteiger partial charge in [-0.2, -0.15) is 13.2 Å². The van der Waals surface area contributed by atoms with Crippen LogP contribution in [0.5, 0.6) is 0 Å². The van der Waals surface area contributed by atoms with E-state index in [2.05, 4.69) is 0 Å². The van der Waals surface area contributed by atoms with Gasteiger partial charge in [-0.15, -0.1) is 0 Å². The summed E-state index contributed by atoms with van der Waals surface area (Å²) in [5, 5.41) is 8.54. The maximum atomic E-state index is 12.8. The fraction of sp³-hybridized carbons (Fsp3) is 0.900. The molecule has 0 aromatic rings. The number of rotatable bonds is 4. The van der Waals surface area contributed by atoms with Crippen molar-refractivity contribution in [1.82, 2.24) is 4.90 Å². The summed E-state index contributed by atoms with van der Waals surface area (Å²) in [5.41, 5.74) is 0. The van der Waals surface area contributed by atoms with Crippen LogP contribution in [0.1, 0.15) is 19.8 Å². The van der Waals surface area contributed by atoms with Gasteiger partial charge in [0, 0.05) is 13.1 Å². The van der Waals surface area contributed by atoms with Crippen LogP contribution in [-0.4, -0.2) is 54.0 Å². The second-order valence-corrected chi connectivity index (χ2v) is 4.05. The van der Waals surface area contributed by atoms with Crippen molar-refractivity contribution in [3.8, 4) is 0 Å². The van der Waals surface area contributed by atoms with E-state index in [9.17, 15) is 18.0 Å². The first-order valence-corrected chi connectivity index (χ1v) is 5.48. The molecule has 1 heterocycles. The standard InChI is InChI=1S/C10H16F3NO3/c1-2-7-6-14(3-4-17-7)8(5-9(15)16)10(11,12)13/h7-8H,2-6H2,1H3,(H,15,16). The highest BCUT2D eigenvalue weighted by molar-refractivity contribution is 5.67. The third-order valence-corrected chi connectivity index (χ3v) is 2.81. The Hall–Kier alpha value is -0.820. The molecule has 0 aromatic carbocycles. The zero-order valence-corrected chi connectivity index (χ0v) is 9.54. The zero-order valence-electron chi connectivity index (χ0n) is 9.54. The molecule has 7 heteroatoms. The largest absolute Gasteiger partial charge is 0.481 e. The van der Waals surface area contributed by atoms with Gasteiger partial charge < -0.3 is 9.84 Å². The summed E-state index contributed by atoms with van der Waals surface area (Å²) in [6, 6.07) is -1.92. The Bertz CT molecular complexity index is 270. The Morgan fingerprint density at radius 1 is 1.59 bits per heavy atom. The molecular formula is C10H16F3NO3. The van der Waals surface area contributed by atoms with Crippen LogP contribution in [0.4, 0.5) is 13.2 Å². The minimum Gasteiger partial charge on any atom is -0.481 e. The van der Waals surface area contributed by atoms with E-state index >= 15 is 0 Å². The van der Waals surface area contributed by atoms with Crippen LogP contribution in [0, 0.1) is 0 Å². The fourth-order valence-corrected chi connectivity index (χ4v) is 1.89. The molecule has 1 saturated heterocycles. The van der Waals surface area contributed by atoms with Crippen molar-refractivity contribution in [3.05, 3.63) is 0 Å². The molecule has 2 unspecified atom stereocenters. The third kappa shape index (κ3) is 4.16. The SMILES string of the molecule is CCC1CN(C(CC(=O)O)C(F)(F)F)CCO1. The monoisotopic (exact) mass is 255 g/mol. The predicted molar refractivity (Wildman–Crippen MR) is 53.7 cm³/mol. The zero-order chi connectivity index (χ0) is 13.1. The normalized spacial score (nSPS) is 24.6. The Balaban J connectivity index is 2.72. The minimum absolute atomic E-state index is 0.119. The van der Waals surface area contributed by atoms with Gasteiger partial charge in [0.2, 0.25) is 0 Å². The molecule has 1 aliphatic rings. The van der Waals surface area contributed by atoms with Crippen molar-refractivity contribution >= 4 is 5.97 Å². The van der Waals surface area contributed by atoms with E-state index in [1.807, 2.05) is 6.92 Å². The molecule has 100 valence electrons. The van der Waals surface area contributed by atoms with Crippen molar-refractivity contribution in [2.24, 2.45) is 0 Å². The van der Waals surface area contributed by atoms with Gasteiger partial charge >= 0.3 is 12.1 Å². The van der Waals surface area contributed by atoms with Crippen LogP contribution < -0.4 is 0 Å².